The molecule has 94 valence electrons. The Balaban J connectivity index is 2.36. The Labute approximate surface area is 105 Å². The summed E-state index contributed by atoms with van der Waals surface area (Å²) in [5, 5.41) is 1.96. The molecule has 0 aromatic heterocycles. The molecule has 0 bridgehead atoms. The van der Waals surface area contributed by atoms with Crippen molar-refractivity contribution >= 4 is 16.7 Å². The summed E-state index contributed by atoms with van der Waals surface area (Å²) in [7, 11) is 2.93. The van der Waals surface area contributed by atoms with Crippen molar-refractivity contribution < 1.29 is 19.0 Å². The molecule has 0 unspecified atom stereocenters. The minimum Gasteiger partial charge on any atom is -0.468 e. The zero-order valence-electron chi connectivity index (χ0n) is 10.3. The number of esters is 1. The Bertz CT molecular complexity index is 563. The van der Waals surface area contributed by atoms with E-state index in [9.17, 15) is 4.79 Å². The zero-order chi connectivity index (χ0) is 13.0. The van der Waals surface area contributed by atoms with Crippen molar-refractivity contribution in [1.29, 1.82) is 0 Å². The summed E-state index contributed by atoms with van der Waals surface area (Å²) in [4.78, 5) is 11.4. The van der Waals surface area contributed by atoms with Crippen LogP contribution in [0.4, 0.5) is 0 Å². The Hall–Kier alpha value is -2.07. The van der Waals surface area contributed by atoms with E-state index in [1.165, 1.54) is 7.11 Å². The molecule has 2 rings (SSSR count). The van der Waals surface area contributed by atoms with Crippen LogP contribution in [0.1, 0.15) is 10.4 Å². The summed E-state index contributed by atoms with van der Waals surface area (Å²) in [6.45, 7) is 0.197. The summed E-state index contributed by atoms with van der Waals surface area (Å²) in [6.07, 6.45) is 0. The molecular formula is C14H14O4. The zero-order valence-corrected chi connectivity index (χ0v) is 10.3. The molecule has 0 fully saturated rings. The number of fused-ring (bicyclic) bond motifs is 1. The molecule has 0 radical (unpaired) electrons. The number of rotatable bonds is 4. The van der Waals surface area contributed by atoms with Crippen molar-refractivity contribution in [3.8, 4) is 5.75 Å². The maximum Gasteiger partial charge on any atom is 0.337 e. The van der Waals surface area contributed by atoms with Crippen molar-refractivity contribution in [3.05, 3.63) is 42.0 Å². The summed E-state index contributed by atoms with van der Waals surface area (Å²) < 4.78 is 14.9. The fraction of sp³-hybridized carbons (Fsp3) is 0.214. The number of hydrogen-bond acceptors (Lipinski definition) is 4. The predicted molar refractivity (Wildman–Crippen MR) is 67.8 cm³/mol. The van der Waals surface area contributed by atoms with Crippen molar-refractivity contribution in [1.82, 2.24) is 0 Å². The average Bonchev–Trinajstić information content (AvgIpc) is 2.43. The van der Waals surface area contributed by atoms with Crippen LogP contribution in [0.2, 0.25) is 0 Å². The van der Waals surface area contributed by atoms with E-state index in [0.29, 0.717) is 11.3 Å². The number of hydrogen-bond donors (Lipinski definition) is 0. The third-order valence-electron chi connectivity index (χ3n) is 2.58. The van der Waals surface area contributed by atoms with E-state index in [0.717, 1.165) is 10.8 Å². The summed E-state index contributed by atoms with van der Waals surface area (Å²) in [6, 6.07) is 11.0. The van der Waals surface area contributed by atoms with Gasteiger partial charge >= 0.3 is 5.97 Å². The topological polar surface area (TPSA) is 44.8 Å². The van der Waals surface area contributed by atoms with Gasteiger partial charge in [-0.2, -0.15) is 0 Å². The molecule has 18 heavy (non-hydrogen) atoms. The molecule has 0 saturated carbocycles. The van der Waals surface area contributed by atoms with Gasteiger partial charge in [-0.25, -0.2) is 4.79 Å². The van der Waals surface area contributed by atoms with Crippen LogP contribution in [0.3, 0.4) is 0 Å². The van der Waals surface area contributed by atoms with Gasteiger partial charge in [-0.05, 0) is 35.0 Å². The maximum atomic E-state index is 11.4. The van der Waals surface area contributed by atoms with E-state index in [4.69, 9.17) is 14.2 Å². The van der Waals surface area contributed by atoms with E-state index in [2.05, 4.69) is 0 Å². The minimum absolute atomic E-state index is 0.197. The van der Waals surface area contributed by atoms with Crippen LogP contribution in [-0.2, 0) is 9.47 Å². The van der Waals surface area contributed by atoms with Gasteiger partial charge in [0.25, 0.3) is 0 Å². The molecule has 2 aromatic carbocycles. The third kappa shape index (κ3) is 2.60. The lowest BCUT2D eigenvalue weighted by molar-refractivity contribution is 0.0512. The van der Waals surface area contributed by atoms with E-state index >= 15 is 0 Å². The van der Waals surface area contributed by atoms with Crippen molar-refractivity contribution in [2.45, 2.75) is 0 Å². The first-order chi connectivity index (χ1) is 8.74. The highest BCUT2D eigenvalue weighted by Crippen LogP contribution is 2.22. The summed E-state index contributed by atoms with van der Waals surface area (Å²) in [5.41, 5.74) is 0.522. The maximum absolute atomic E-state index is 11.4. The molecule has 0 aliphatic carbocycles. The van der Waals surface area contributed by atoms with Gasteiger partial charge in [0.05, 0.1) is 12.7 Å². The monoisotopic (exact) mass is 246 g/mol. The Kier molecular flexibility index (Phi) is 3.79. The summed E-state index contributed by atoms with van der Waals surface area (Å²) >= 11 is 0. The normalized spacial score (nSPS) is 10.3. The third-order valence-corrected chi connectivity index (χ3v) is 2.58. The van der Waals surface area contributed by atoms with Crippen LogP contribution < -0.4 is 4.74 Å². The molecule has 0 aliphatic heterocycles. The van der Waals surface area contributed by atoms with Gasteiger partial charge in [-0.15, -0.1) is 0 Å². The van der Waals surface area contributed by atoms with Gasteiger partial charge < -0.3 is 14.2 Å². The largest absolute Gasteiger partial charge is 0.468 e. The van der Waals surface area contributed by atoms with Crippen molar-refractivity contribution in [2.24, 2.45) is 0 Å². The van der Waals surface area contributed by atoms with Crippen LogP contribution in [0.5, 0.6) is 5.75 Å². The van der Waals surface area contributed by atoms with E-state index in [1.807, 2.05) is 24.3 Å². The quantitative estimate of drug-likeness (QED) is 0.614. The second-order valence-corrected chi connectivity index (χ2v) is 3.77. The van der Waals surface area contributed by atoms with E-state index in [-0.39, 0.29) is 12.8 Å². The number of carbonyl (C=O) groups excluding carboxylic acids is 1. The molecule has 0 aliphatic rings. The highest BCUT2D eigenvalue weighted by Gasteiger charge is 2.06. The van der Waals surface area contributed by atoms with Crippen LogP contribution in [0, 0.1) is 0 Å². The van der Waals surface area contributed by atoms with E-state index < -0.39 is 0 Å². The van der Waals surface area contributed by atoms with Gasteiger partial charge in [0.2, 0.25) is 0 Å². The number of ether oxygens (including phenoxy) is 3. The van der Waals surface area contributed by atoms with E-state index in [1.54, 1.807) is 19.2 Å². The fourth-order valence-electron chi connectivity index (χ4n) is 1.69. The molecule has 0 amide bonds. The first-order valence-electron chi connectivity index (χ1n) is 5.48. The van der Waals surface area contributed by atoms with Crippen molar-refractivity contribution in [2.75, 3.05) is 21.0 Å². The first-order valence-corrected chi connectivity index (χ1v) is 5.48. The lowest BCUT2D eigenvalue weighted by atomic mass is 10.1. The van der Waals surface area contributed by atoms with Gasteiger partial charge in [0.15, 0.2) is 6.79 Å². The second-order valence-electron chi connectivity index (χ2n) is 3.77. The minimum atomic E-state index is -0.347. The highest BCUT2D eigenvalue weighted by molar-refractivity contribution is 5.95. The SMILES string of the molecule is COCOc1ccc2ccc(C(=O)OC)cc2c1. The summed E-state index contributed by atoms with van der Waals surface area (Å²) in [5.74, 6) is 0.353. The average molecular weight is 246 g/mol. The number of benzene rings is 2. The molecular weight excluding hydrogens is 232 g/mol. The van der Waals surface area contributed by atoms with Gasteiger partial charge in [0.1, 0.15) is 5.75 Å². The van der Waals surface area contributed by atoms with Gasteiger partial charge in [0, 0.05) is 7.11 Å². The molecule has 0 saturated heterocycles. The van der Waals surface area contributed by atoms with Crippen LogP contribution >= 0.6 is 0 Å². The highest BCUT2D eigenvalue weighted by atomic mass is 16.7. The van der Waals surface area contributed by atoms with Gasteiger partial charge in [-0.1, -0.05) is 12.1 Å². The molecule has 0 spiro atoms. The molecule has 4 nitrogen and oxygen atoms in total. The fourth-order valence-corrected chi connectivity index (χ4v) is 1.69. The predicted octanol–water partition coefficient (Wildman–Crippen LogP) is 2.61. The lowest BCUT2D eigenvalue weighted by Gasteiger charge is -2.07. The Morgan fingerprint density at radius 1 is 1.06 bits per heavy atom. The van der Waals surface area contributed by atoms with Gasteiger partial charge in [-0.3, -0.25) is 0 Å². The van der Waals surface area contributed by atoms with Crippen LogP contribution in [-0.4, -0.2) is 27.0 Å². The smallest absolute Gasteiger partial charge is 0.337 e. The standard InChI is InChI=1S/C14H14O4/c1-16-9-18-13-6-5-10-3-4-11(14(15)17-2)7-12(10)8-13/h3-8H,9H2,1-2H3. The Morgan fingerprint density at radius 2 is 1.83 bits per heavy atom. The van der Waals surface area contributed by atoms with Crippen LogP contribution in [0.15, 0.2) is 36.4 Å². The first kappa shape index (κ1) is 12.4. The van der Waals surface area contributed by atoms with Crippen molar-refractivity contribution in [3.63, 3.8) is 0 Å². The molecule has 4 heteroatoms. The number of methoxy groups -OCH3 is 2. The molecule has 0 heterocycles. The molecule has 0 N–H and O–H groups in total. The Morgan fingerprint density at radius 3 is 2.56 bits per heavy atom. The molecule has 2 aromatic rings. The molecule has 0 atom stereocenters. The lowest BCUT2D eigenvalue weighted by Crippen LogP contribution is -2.01. The van der Waals surface area contributed by atoms with Crippen LogP contribution in [0.25, 0.3) is 10.8 Å². The second kappa shape index (κ2) is 5.51. The number of carbonyl (C=O) groups is 1.